The summed E-state index contributed by atoms with van der Waals surface area (Å²) in [6, 6.07) is 13.3. The predicted molar refractivity (Wildman–Crippen MR) is 169 cm³/mol. The molecule has 2 N–H and O–H groups in total. The first-order chi connectivity index (χ1) is 21.6. The maximum absolute atomic E-state index is 11.7. The molecule has 3 fully saturated rings. The minimum atomic E-state index is 0.388. The second-order valence-electron chi connectivity index (χ2n) is 12.0. The van der Waals surface area contributed by atoms with Crippen molar-refractivity contribution in [2.75, 3.05) is 49.3 Å². The smallest absolute Gasteiger partial charge is 0.229 e. The summed E-state index contributed by atoms with van der Waals surface area (Å²) in [7, 11) is 3.84. The third kappa shape index (κ3) is 4.55. The van der Waals surface area contributed by atoms with Crippen LogP contribution in [0.3, 0.4) is 0 Å². The van der Waals surface area contributed by atoms with Gasteiger partial charge in [0.05, 0.1) is 41.6 Å². The van der Waals surface area contributed by atoms with Gasteiger partial charge in [0.15, 0.2) is 0 Å². The number of nitrogens with zero attached hydrogens (tertiary/aromatic N) is 6. The van der Waals surface area contributed by atoms with E-state index >= 15 is 0 Å². The molecule has 224 valence electrons. The summed E-state index contributed by atoms with van der Waals surface area (Å²) in [4.78, 5) is 30.6. The number of carbonyl (C=O) groups is 1. The molecule has 2 atom stereocenters. The van der Waals surface area contributed by atoms with Gasteiger partial charge in [-0.1, -0.05) is 18.2 Å². The molecule has 0 spiro atoms. The van der Waals surface area contributed by atoms with E-state index in [1.807, 2.05) is 18.2 Å². The summed E-state index contributed by atoms with van der Waals surface area (Å²) in [5.41, 5.74) is 5.87. The lowest BCUT2D eigenvalue weighted by atomic mass is 10.1. The topological polar surface area (TPSA) is 114 Å². The second kappa shape index (κ2) is 10.7. The van der Waals surface area contributed by atoms with Gasteiger partial charge >= 0.3 is 0 Å². The molecule has 2 aliphatic heterocycles. The van der Waals surface area contributed by atoms with E-state index in [1.54, 1.807) is 25.8 Å². The number of rotatable bonds is 9. The fraction of sp³-hybridized carbons (Fsp3) is 0.333. The lowest BCUT2D eigenvalue weighted by Gasteiger charge is -2.26. The van der Waals surface area contributed by atoms with E-state index in [2.05, 4.69) is 66.4 Å². The van der Waals surface area contributed by atoms with E-state index < -0.39 is 0 Å². The number of fused-ring (bicyclic) bond motifs is 2. The molecule has 3 aromatic heterocycles. The number of carbonyl (C=O) groups excluding carboxylic acids is 1. The number of anilines is 4. The molecule has 44 heavy (non-hydrogen) atoms. The first-order valence-corrected chi connectivity index (χ1v) is 15.1. The van der Waals surface area contributed by atoms with Crippen LogP contribution in [0.4, 0.5) is 23.0 Å². The van der Waals surface area contributed by atoms with E-state index in [1.165, 1.54) is 24.8 Å². The minimum absolute atomic E-state index is 0.388. The lowest BCUT2D eigenvalue weighted by Crippen LogP contribution is -2.32. The van der Waals surface area contributed by atoms with Crippen molar-refractivity contribution in [2.24, 2.45) is 5.92 Å². The maximum Gasteiger partial charge on any atom is 0.229 e. The minimum Gasteiger partial charge on any atom is -0.494 e. The summed E-state index contributed by atoms with van der Waals surface area (Å²) >= 11 is 0. The number of hydrogen-bond donors (Lipinski definition) is 2. The van der Waals surface area contributed by atoms with Crippen molar-refractivity contribution in [2.45, 2.75) is 31.3 Å². The number of para-hydroxylation sites is 1. The SMILES string of the molecule is COc1cc(N2CC3CCN(C)C3C2)c(NC=O)cc1Nc1ncc(-c2ncco2)c(-c2cn(C3CC3)c3ccccc23)n1. The Balaban J connectivity index is 1.19. The van der Waals surface area contributed by atoms with Crippen molar-refractivity contribution >= 4 is 40.3 Å². The molecule has 3 aliphatic rings. The van der Waals surface area contributed by atoms with Gasteiger partial charge in [-0.2, -0.15) is 0 Å². The van der Waals surface area contributed by atoms with Crippen molar-refractivity contribution in [3.8, 4) is 28.5 Å². The average molecular weight is 591 g/mol. The molecule has 2 unspecified atom stereocenters. The molecule has 11 nitrogen and oxygen atoms in total. The number of ether oxygens (including phenoxy) is 1. The van der Waals surface area contributed by atoms with Crippen LogP contribution < -0.4 is 20.3 Å². The zero-order valence-electron chi connectivity index (χ0n) is 24.7. The van der Waals surface area contributed by atoms with Crippen LogP contribution in [0.2, 0.25) is 0 Å². The number of oxazole rings is 1. The van der Waals surface area contributed by atoms with Crippen LogP contribution in [0.25, 0.3) is 33.6 Å². The maximum atomic E-state index is 11.7. The molecule has 8 rings (SSSR count). The Hall–Kier alpha value is -4.90. The Morgan fingerprint density at radius 1 is 1.07 bits per heavy atom. The summed E-state index contributed by atoms with van der Waals surface area (Å²) in [5.74, 6) is 2.09. The normalized spacial score (nSPS) is 19.8. The van der Waals surface area contributed by atoms with Crippen LogP contribution in [-0.4, -0.2) is 70.7 Å². The van der Waals surface area contributed by atoms with Crippen molar-refractivity contribution in [3.63, 3.8) is 0 Å². The fourth-order valence-electron chi connectivity index (χ4n) is 6.97. The monoisotopic (exact) mass is 590 g/mol. The first kappa shape index (κ1) is 26.7. The van der Waals surface area contributed by atoms with Gasteiger partial charge in [-0.25, -0.2) is 15.0 Å². The highest BCUT2D eigenvalue weighted by atomic mass is 16.5. The molecule has 5 aromatic rings. The predicted octanol–water partition coefficient (Wildman–Crippen LogP) is 5.55. The summed E-state index contributed by atoms with van der Waals surface area (Å²) < 4.78 is 13.9. The summed E-state index contributed by atoms with van der Waals surface area (Å²) in [6.07, 6.45) is 11.3. The highest BCUT2D eigenvalue weighted by Crippen LogP contribution is 2.44. The van der Waals surface area contributed by atoms with Gasteiger partial charge in [0.2, 0.25) is 18.2 Å². The van der Waals surface area contributed by atoms with Crippen molar-refractivity contribution in [3.05, 3.63) is 61.3 Å². The van der Waals surface area contributed by atoms with E-state index in [0.717, 1.165) is 42.0 Å². The number of aromatic nitrogens is 4. The molecule has 0 bridgehead atoms. The van der Waals surface area contributed by atoms with E-state index in [-0.39, 0.29) is 0 Å². The molecule has 2 saturated heterocycles. The van der Waals surface area contributed by atoms with Crippen molar-refractivity contribution in [1.82, 2.24) is 24.4 Å². The van der Waals surface area contributed by atoms with Crippen LogP contribution in [0.1, 0.15) is 25.3 Å². The number of likely N-dealkylation sites (tertiary alicyclic amines) is 1. The highest BCUT2D eigenvalue weighted by Gasteiger charge is 2.40. The third-order valence-electron chi connectivity index (χ3n) is 9.33. The van der Waals surface area contributed by atoms with Crippen LogP contribution in [0, 0.1) is 5.92 Å². The molecule has 11 heteroatoms. The number of methoxy groups -OCH3 is 1. The second-order valence-corrected chi connectivity index (χ2v) is 12.0. The summed E-state index contributed by atoms with van der Waals surface area (Å²) in [6.45, 7) is 2.99. The van der Waals surface area contributed by atoms with E-state index in [9.17, 15) is 4.79 Å². The largest absolute Gasteiger partial charge is 0.494 e. The Morgan fingerprint density at radius 3 is 2.73 bits per heavy atom. The molecule has 1 aliphatic carbocycles. The lowest BCUT2D eigenvalue weighted by molar-refractivity contribution is -0.105. The number of likely N-dealkylation sites (N-methyl/N-ethyl adjacent to an activating group) is 1. The zero-order valence-corrected chi connectivity index (χ0v) is 24.7. The van der Waals surface area contributed by atoms with Gasteiger partial charge in [0.25, 0.3) is 0 Å². The van der Waals surface area contributed by atoms with Gasteiger partial charge < -0.3 is 34.2 Å². The zero-order chi connectivity index (χ0) is 29.8. The number of hydrogen-bond acceptors (Lipinski definition) is 9. The van der Waals surface area contributed by atoms with Crippen LogP contribution in [0.15, 0.2) is 65.7 Å². The average Bonchev–Trinajstić information content (AvgIpc) is 3.38. The number of benzene rings is 2. The quantitative estimate of drug-likeness (QED) is 0.213. The molecule has 1 saturated carbocycles. The molecular formula is C33H34N8O3. The molecule has 5 heterocycles. The van der Waals surface area contributed by atoms with E-state index in [0.29, 0.717) is 58.9 Å². The Bertz CT molecular complexity index is 1850. The standard InChI is InChI=1S/C33H34N8O3/c1-39-11-9-20-16-40(18-29(20)39)28-14-30(43-2)26(13-25(28)36-19-42)37-33-35-15-23(32-34-10-12-44-32)31(38-33)24-17-41(21-7-8-21)27-6-4-3-5-22(24)27/h3-6,10,12-15,17,19-21,29H,7-9,11,16,18H2,1-2H3,(H,36,42)(H,35,37,38). The van der Waals surface area contributed by atoms with Gasteiger partial charge in [0.1, 0.15) is 12.0 Å². The van der Waals surface area contributed by atoms with E-state index in [4.69, 9.17) is 14.1 Å². The van der Waals surface area contributed by atoms with Crippen molar-refractivity contribution < 1.29 is 13.9 Å². The molecular weight excluding hydrogens is 556 g/mol. The fourth-order valence-corrected chi connectivity index (χ4v) is 6.97. The van der Waals surface area contributed by atoms with Gasteiger partial charge in [-0.3, -0.25) is 4.79 Å². The van der Waals surface area contributed by atoms with Gasteiger partial charge in [-0.15, -0.1) is 0 Å². The third-order valence-corrected chi connectivity index (χ3v) is 9.33. The Kier molecular flexibility index (Phi) is 6.48. The first-order valence-electron chi connectivity index (χ1n) is 15.1. The number of amides is 1. The van der Waals surface area contributed by atoms with Crippen LogP contribution in [0.5, 0.6) is 5.75 Å². The summed E-state index contributed by atoms with van der Waals surface area (Å²) in [5, 5.41) is 7.40. The van der Waals surface area contributed by atoms with Gasteiger partial charge in [-0.05, 0) is 50.9 Å². The van der Waals surface area contributed by atoms with Crippen LogP contribution >= 0.6 is 0 Å². The molecule has 1 amide bonds. The van der Waals surface area contributed by atoms with Crippen molar-refractivity contribution in [1.29, 1.82) is 0 Å². The molecule has 0 radical (unpaired) electrons. The molecule has 2 aromatic carbocycles. The highest BCUT2D eigenvalue weighted by molar-refractivity contribution is 5.98. The Morgan fingerprint density at radius 2 is 1.95 bits per heavy atom. The van der Waals surface area contributed by atoms with Crippen LogP contribution in [-0.2, 0) is 4.79 Å². The Labute approximate surface area is 254 Å². The number of nitrogens with one attached hydrogen (secondary N) is 2. The van der Waals surface area contributed by atoms with Gasteiger partial charge in [0, 0.05) is 60.1 Å².